The maximum absolute atomic E-state index is 13.0. The molecule has 4 aromatic rings. The van der Waals surface area contributed by atoms with Gasteiger partial charge in [0.1, 0.15) is 17.3 Å². The zero-order valence-electron chi connectivity index (χ0n) is 20.3. The van der Waals surface area contributed by atoms with Gasteiger partial charge in [-0.15, -0.1) is 0 Å². The number of methoxy groups -OCH3 is 1. The van der Waals surface area contributed by atoms with Crippen molar-refractivity contribution in [2.75, 3.05) is 20.3 Å². The summed E-state index contributed by atoms with van der Waals surface area (Å²) < 4.78 is 13.4. The zero-order chi connectivity index (χ0) is 24.2. The fraction of sp³-hybridized carbons (Fsp3) is 0.310. The maximum atomic E-state index is 13.0. The SMILES string of the molecule is COc1ccc(OCCCn2c(C3CC(=O)N(C(C)c4ccccc4)C3)nc3ccccc32)cc1. The molecule has 1 saturated heterocycles. The van der Waals surface area contributed by atoms with Crippen LogP contribution in [-0.2, 0) is 11.3 Å². The molecular weight excluding hydrogens is 438 g/mol. The first-order valence-corrected chi connectivity index (χ1v) is 12.2. The molecule has 0 saturated carbocycles. The number of imidazole rings is 1. The average molecular weight is 470 g/mol. The van der Waals surface area contributed by atoms with Crippen LogP contribution in [0.1, 0.15) is 43.1 Å². The summed E-state index contributed by atoms with van der Waals surface area (Å²) in [6.07, 6.45) is 1.33. The van der Waals surface area contributed by atoms with Crippen LogP contribution in [0.15, 0.2) is 78.9 Å². The molecule has 0 bridgehead atoms. The van der Waals surface area contributed by atoms with E-state index in [0.717, 1.165) is 46.9 Å². The second-order valence-corrected chi connectivity index (χ2v) is 9.02. The van der Waals surface area contributed by atoms with Crippen molar-refractivity contribution in [3.63, 3.8) is 0 Å². The molecule has 1 fully saturated rings. The van der Waals surface area contributed by atoms with Crippen LogP contribution in [0.3, 0.4) is 0 Å². The van der Waals surface area contributed by atoms with E-state index in [1.54, 1.807) is 7.11 Å². The van der Waals surface area contributed by atoms with Crippen molar-refractivity contribution in [3.8, 4) is 11.5 Å². The fourth-order valence-electron chi connectivity index (χ4n) is 4.92. The number of benzene rings is 3. The van der Waals surface area contributed by atoms with Gasteiger partial charge in [-0.25, -0.2) is 4.98 Å². The normalized spacial score (nSPS) is 16.6. The van der Waals surface area contributed by atoms with Crippen LogP contribution in [0.4, 0.5) is 0 Å². The minimum absolute atomic E-state index is 0.0458. The number of hydrogen-bond acceptors (Lipinski definition) is 4. The standard InChI is InChI=1S/C29H31N3O3/c1-21(22-9-4-3-5-10-22)32-20-23(19-28(32)33)29-30-26-11-6-7-12-27(26)31(29)17-8-18-35-25-15-13-24(34-2)14-16-25/h3-7,9-16,21,23H,8,17-20H2,1-2H3. The van der Waals surface area contributed by atoms with E-state index in [0.29, 0.717) is 19.6 Å². The molecule has 0 radical (unpaired) electrons. The predicted molar refractivity (Wildman–Crippen MR) is 137 cm³/mol. The van der Waals surface area contributed by atoms with Crippen LogP contribution in [0, 0.1) is 0 Å². The van der Waals surface area contributed by atoms with Gasteiger partial charge in [-0.2, -0.15) is 0 Å². The van der Waals surface area contributed by atoms with Crippen LogP contribution >= 0.6 is 0 Å². The van der Waals surface area contributed by atoms with Gasteiger partial charge >= 0.3 is 0 Å². The van der Waals surface area contributed by atoms with Gasteiger partial charge < -0.3 is 18.9 Å². The van der Waals surface area contributed by atoms with E-state index in [4.69, 9.17) is 14.5 Å². The number of likely N-dealkylation sites (tertiary alicyclic amines) is 1. The van der Waals surface area contributed by atoms with Crippen molar-refractivity contribution in [2.24, 2.45) is 0 Å². The average Bonchev–Trinajstić information content (AvgIpc) is 3.47. The van der Waals surface area contributed by atoms with Crippen molar-refractivity contribution in [2.45, 2.75) is 38.3 Å². The lowest BCUT2D eigenvalue weighted by Crippen LogP contribution is -2.28. The van der Waals surface area contributed by atoms with Crippen LogP contribution in [0.5, 0.6) is 11.5 Å². The maximum Gasteiger partial charge on any atom is 0.223 e. The first-order valence-electron chi connectivity index (χ1n) is 12.2. The van der Waals surface area contributed by atoms with Gasteiger partial charge in [0.05, 0.1) is 30.8 Å². The van der Waals surface area contributed by atoms with Crippen molar-refractivity contribution < 1.29 is 14.3 Å². The Kier molecular flexibility index (Phi) is 6.70. The van der Waals surface area contributed by atoms with E-state index in [-0.39, 0.29) is 17.9 Å². The number of nitrogens with zero attached hydrogens (tertiary/aromatic N) is 3. The molecule has 2 unspecified atom stereocenters. The summed E-state index contributed by atoms with van der Waals surface area (Å²) in [5.41, 5.74) is 3.24. The quantitative estimate of drug-likeness (QED) is 0.300. The minimum atomic E-state index is 0.0458. The third-order valence-corrected chi connectivity index (χ3v) is 6.81. The highest BCUT2D eigenvalue weighted by atomic mass is 16.5. The van der Waals surface area contributed by atoms with Crippen LogP contribution in [0.2, 0.25) is 0 Å². The number of rotatable bonds is 9. The number of carbonyl (C=O) groups is 1. The van der Waals surface area contributed by atoms with Gasteiger partial charge in [-0.05, 0) is 55.3 Å². The largest absolute Gasteiger partial charge is 0.497 e. The van der Waals surface area contributed by atoms with E-state index in [9.17, 15) is 4.79 Å². The van der Waals surface area contributed by atoms with Gasteiger partial charge in [0.2, 0.25) is 5.91 Å². The molecular formula is C29H31N3O3. The van der Waals surface area contributed by atoms with Crippen molar-refractivity contribution in [1.82, 2.24) is 14.5 Å². The molecule has 0 N–H and O–H groups in total. The molecule has 0 spiro atoms. The first kappa shape index (κ1) is 23.0. The van der Waals surface area contributed by atoms with E-state index >= 15 is 0 Å². The Hall–Kier alpha value is -3.80. The molecule has 1 amide bonds. The third kappa shape index (κ3) is 4.87. The van der Waals surface area contributed by atoms with Crippen molar-refractivity contribution in [3.05, 3.63) is 90.3 Å². The number of hydrogen-bond donors (Lipinski definition) is 0. The highest BCUT2D eigenvalue weighted by molar-refractivity contribution is 5.81. The highest BCUT2D eigenvalue weighted by Crippen LogP contribution is 2.35. The second kappa shape index (κ2) is 10.2. The third-order valence-electron chi connectivity index (χ3n) is 6.81. The number of para-hydroxylation sites is 2. The molecule has 180 valence electrons. The Labute approximate surface area is 206 Å². The molecule has 1 aliphatic heterocycles. The van der Waals surface area contributed by atoms with E-state index in [1.807, 2.05) is 65.6 Å². The lowest BCUT2D eigenvalue weighted by molar-refractivity contribution is -0.129. The monoisotopic (exact) mass is 469 g/mol. The van der Waals surface area contributed by atoms with Crippen LogP contribution in [0.25, 0.3) is 11.0 Å². The molecule has 2 heterocycles. The number of aromatic nitrogens is 2. The number of amides is 1. The minimum Gasteiger partial charge on any atom is -0.497 e. The lowest BCUT2D eigenvalue weighted by Gasteiger charge is -2.25. The summed E-state index contributed by atoms with van der Waals surface area (Å²) in [6, 6.07) is 26.1. The summed E-state index contributed by atoms with van der Waals surface area (Å²) >= 11 is 0. The molecule has 6 heteroatoms. The van der Waals surface area contributed by atoms with Gasteiger partial charge in [-0.1, -0.05) is 42.5 Å². The lowest BCUT2D eigenvalue weighted by atomic mass is 10.1. The van der Waals surface area contributed by atoms with Gasteiger partial charge in [0.25, 0.3) is 0 Å². The summed E-state index contributed by atoms with van der Waals surface area (Å²) in [5.74, 6) is 2.89. The molecule has 5 rings (SSSR count). The van der Waals surface area contributed by atoms with Crippen molar-refractivity contribution >= 4 is 16.9 Å². The topological polar surface area (TPSA) is 56.6 Å². The van der Waals surface area contributed by atoms with Gasteiger partial charge in [0, 0.05) is 25.4 Å². The molecule has 3 aromatic carbocycles. The molecule has 35 heavy (non-hydrogen) atoms. The number of ether oxygens (including phenoxy) is 2. The summed E-state index contributed by atoms with van der Waals surface area (Å²) in [7, 11) is 1.66. The molecule has 0 aliphatic carbocycles. The Balaban J connectivity index is 1.30. The fourth-order valence-corrected chi connectivity index (χ4v) is 4.92. The number of aryl methyl sites for hydroxylation is 1. The molecule has 6 nitrogen and oxygen atoms in total. The second-order valence-electron chi connectivity index (χ2n) is 9.02. The van der Waals surface area contributed by atoms with Crippen LogP contribution in [-0.4, -0.2) is 40.6 Å². The number of fused-ring (bicyclic) bond motifs is 1. The highest BCUT2D eigenvalue weighted by Gasteiger charge is 2.36. The summed E-state index contributed by atoms with van der Waals surface area (Å²) in [6.45, 7) is 4.17. The smallest absolute Gasteiger partial charge is 0.223 e. The number of carbonyl (C=O) groups excluding carboxylic acids is 1. The van der Waals surface area contributed by atoms with E-state index in [1.165, 1.54) is 0 Å². The van der Waals surface area contributed by atoms with E-state index in [2.05, 4.69) is 29.7 Å². The summed E-state index contributed by atoms with van der Waals surface area (Å²) in [5, 5.41) is 0. The Morgan fingerprint density at radius 1 is 0.971 bits per heavy atom. The molecule has 1 aliphatic rings. The van der Waals surface area contributed by atoms with Gasteiger partial charge in [0.15, 0.2) is 0 Å². The molecule has 1 aromatic heterocycles. The Morgan fingerprint density at radius 3 is 2.46 bits per heavy atom. The van der Waals surface area contributed by atoms with Gasteiger partial charge in [-0.3, -0.25) is 4.79 Å². The zero-order valence-corrected chi connectivity index (χ0v) is 20.3. The Bertz CT molecular complexity index is 1280. The molecule has 2 atom stereocenters. The predicted octanol–water partition coefficient (Wildman–Crippen LogP) is 5.59. The van der Waals surface area contributed by atoms with E-state index < -0.39 is 0 Å². The van der Waals surface area contributed by atoms with Crippen LogP contribution < -0.4 is 9.47 Å². The van der Waals surface area contributed by atoms with Crippen molar-refractivity contribution in [1.29, 1.82) is 0 Å². The summed E-state index contributed by atoms with van der Waals surface area (Å²) in [4.78, 5) is 20.0. The first-order chi connectivity index (χ1) is 17.1. The Morgan fingerprint density at radius 2 is 1.69 bits per heavy atom.